The highest BCUT2D eigenvalue weighted by molar-refractivity contribution is 7.71. The first-order valence-electron chi connectivity index (χ1n) is 5.89. The van der Waals surface area contributed by atoms with Gasteiger partial charge in [-0.1, -0.05) is 25.4 Å². The van der Waals surface area contributed by atoms with Crippen molar-refractivity contribution in [3.63, 3.8) is 0 Å². The number of halogens is 4. The van der Waals surface area contributed by atoms with Gasteiger partial charge >= 0.3 is 6.18 Å². The number of rotatable bonds is 2. The maximum Gasteiger partial charge on any atom is 0.416 e. The Morgan fingerprint density at radius 2 is 1.95 bits per heavy atom. The monoisotopic (exact) mass is 320 g/mol. The smallest absolute Gasteiger partial charge is 0.337 e. The average Bonchev–Trinajstić information content (AvgIpc) is 2.70. The Kier molecular flexibility index (Phi) is 3.97. The second kappa shape index (κ2) is 5.26. The molecule has 1 aromatic carbocycles. The van der Waals surface area contributed by atoms with Gasteiger partial charge in [0.05, 0.1) is 16.3 Å². The molecule has 0 spiro atoms. The van der Waals surface area contributed by atoms with Crippen LogP contribution in [0.3, 0.4) is 0 Å². The molecule has 0 aliphatic carbocycles. The third-order valence-corrected chi connectivity index (χ3v) is 3.53. The van der Waals surface area contributed by atoms with Crippen LogP contribution in [-0.4, -0.2) is 9.55 Å². The Balaban J connectivity index is 2.70. The van der Waals surface area contributed by atoms with Crippen molar-refractivity contribution >= 4 is 23.8 Å². The average molecular weight is 321 g/mol. The van der Waals surface area contributed by atoms with Gasteiger partial charge in [-0.05, 0) is 36.3 Å². The van der Waals surface area contributed by atoms with Crippen LogP contribution in [0, 0.1) is 4.77 Å². The predicted molar refractivity (Wildman–Crippen MR) is 75.1 cm³/mol. The normalized spacial score (nSPS) is 12.2. The molecule has 0 radical (unpaired) electrons. The van der Waals surface area contributed by atoms with Gasteiger partial charge in [-0.15, -0.1) is 0 Å². The summed E-state index contributed by atoms with van der Waals surface area (Å²) in [5.41, 5.74) is 0.252. The Bertz CT molecular complexity index is 686. The number of benzene rings is 1. The molecular weight excluding hydrogens is 309 g/mol. The molecule has 2 nitrogen and oxygen atoms in total. The fraction of sp³-hybridized carbons (Fsp3) is 0.308. The van der Waals surface area contributed by atoms with E-state index >= 15 is 0 Å². The summed E-state index contributed by atoms with van der Waals surface area (Å²) in [6, 6.07) is 3.20. The van der Waals surface area contributed by atoms with Crippen molar-refractivity contribution in [1.29, 1.82) is 0 Å². The van der Waals surface area contributed by atoms with Crippen LogP contribution in [0.2, 0.25) is 5.02 Å². The van der Waals surface area contributed by atoms with Crippen LogP contribution < -0.4 is 0 Å². The topological polar surface area (TPSA) is 20.7 Å². The fourth-order valence-electron chi connectivity index (χ4n) is 1.92. The number of nitrogens with zero attached hydrogens (tertiary/aromatic N) is 1. The number of H-pyrrole nitrogens is 1. The highest BCUT2D eigenvalue weighted by Crippen LogP contribution is 2.34. The minimum Gasteiger partial charge on any atom is -0.337 e. The second-order valence-corrected chi connectivity index (χ2v) is 5.47. The second-order valence-electron chi connectivity index (χ2n) is 4.67. The number of hydrogen-bond donors (Lipinski definition) is 1. The van der Waals surface area contributed by atoms with Gasteiger partial charge in [-0.2, -0.15) is 13.2 Å². The van der Waals surface area contributed by atoms with E-state index in [2.05, 4.69) is 4.98 Å². The maximum absolute atomic E-state index is 12.8. The van der Waals surface area contributed by atoms with Gasteiger partial charge in [0.25, 0.3) is 0 Å². The Morgan fingerprint density at radius 3 is 2.50 bits per heavy atom. The third kappa shape index (κ3) is 2.76. The lowest BCUT2D eigenvalue weighted by atomic mass is 10.1. The quantitative estimate of drug-likeness (QED) is 0.742. The van der Waals surface area contributed by atoms with Crippen molar-refractivity contribution in [2.24, 2.45) is 0 Å². The van der Waals surface area contributed by atoms with Crippen LogP contribution in [0.4, 0.5) is 13.2 Å². The van der Waals surface area contributed by atoms with E-state index in [1.807, 2.05) is 13.8 Å². The van der Waals surface area contributed by atoms with E-state index in [0.29, 0.717) is 4.77 Å². The number of nitrogens with one attached hydrogen (secondary N) is 1. The molecule has 2 rings (SSSR count). The molecule has 108 valence electrons. The zero-order valence-corrected chi connectivity index (χ0v) is 12.3. The van der Waals surface area contributed by atoms with Crippen LogP contribution in [0.25, 0.3) is 5.69 Å². The van der Waals surface area contributed by atoms with Gasteiger partial charge in [0.2, 0.25) is 0 Å². The first-order valence-corrected chi connectivity index (χ1v) is 6.68. The minimum atomic E-state index is -4.42. The zero-order valence-electron chi connectivity index (χ0n) is 10.8. The van der Waals surface area contributed by atoms with E-state index in [0.717, 1.165) is 17.8 Å². The van der Waals surface area contributed by atoms with E-state index in [4.69, 9.17) is 23.8 Å². The molecule has 0 aliphatic heterocycles. The Labute approximate surface area is 124 Å². The van der Waals surface area contributed by atoms with Crippen molar-refractivity contribution in [3.05, 3.63) is 45.4 Å². The molecular formula is C13H12ClF3N2S. The van der Waals surface area contributed by atoms with E-state index in [9.17, 15) is 13.2 Å². The summed E-state index contributed by atoms with van der Waals surface area (Å²) < 4.78 is 40.3. The number of aromatic amines is 1. The first kappa shape index (κ1) is 15.1. The summed E-state index contributed by atoms with van der Waals surface area (Å²) in [5, 5.41) is 0.218. The van der Waals surface area contributed by atoms with Crippen molar-refractivity contribution in [3.8, 4) is 5.69 Å². The molecule has 0 saturated carbocycles. The summed E-state index contributed by atoms with van der Waals surface area (Å²) in [4.78, 5) is 2.84. The molecule has 1 heterocycles. The standard InChI is InChI=1S/C13H12ClF3N2S/c1-7(2)11-6-18-12(20)19(11)10-5-8(13(15,16)17)3-4-9(10)14/h3-7H,1-2H3,(H,18,20). The largest absolute Gasteiger partial charge is 0.416 e. The first-order chi connectivity index (χ1) is 9.21. The summed E-state index contributed by atoms with van der Waals surface area (Å²) in [6.07, 6.45) is -2.74. The molecule has 0 amide bonds. The highest BCUT2D eigenvalue weighted by Gasteiger charge is 2.31. The molecule has 2 aromatic rings. The van der Waals surface area contributed by atoms with Gasteiger partial charge in [0.1, 0.15) is 0 Å². The van der Waals surface area contributed by atoms with Crippen LogP contribution in [-0.2, 0) is 6.18 Å². The molecule has 0 saturated heterocycles. The van der Waals surface area contributed by atoms with E-state index in [-0.39, 0.29) is 16.6 Å². The van der Waals surface area contributed by atoms with Gasteiger partial charge < -0.3 is 4.98 Å². The van der Waals surface area contributed by atoms with Crippen molar-refractivity contribution in [2.45, 2.75) is 25.9 Å². The predicted octanol–water partition coefficient (Wildman–Crippen LogP) is 5.33. The molecule has 0 atom stereocenters. The van der Waals surface area contributed by atoms with Crippen LogP contribution in [0.5, 0.6) is 0 Å². The van der Waals surface area contributed by atoms with Crippen molar-refractivity contribution < 1.29 is 13.2 Å². The molecule has 0 fully saturated rings. The molecule has 1 aromatic heterocycles. The number of alkyl halides is 3. The molecule has 7 heteroatoms. The lowest BCUT2D eigenvalue weighted by Crippen LogP contribution is -2.08. The summed E-state index contributed by atoms with van der Waals surface area (Å²) in [7, 11) is 0. The molecule has 20 heavy (non-hydrogen) atoms. The van der Waals surface area contributed by atoms with Crippen LogP contribution in [0.15, 0.2) is 24.4 Å². The number of aromatic nitrogens is 2. The highest BCUT2D eigenvalue weighted by atomic mass is 35.5. The molecule has 0 aliphatic rings. The summed E-state index contributed by atoms with van der Waals surface area (Å²) in [6.45, 7) is 3.85. The van der Waals surface area contributed by atoms with E-state index < -0.39 is 11.7 Å². The van der Waals surface area contributed by atoms with Gasteiger partial charge in [-0.3, -0.25) is 4.57 Å². The van der Waals surface area contributed by atoms with Gasteiger partial charge in [0.15, 0.2) is 4.77 Å². The Morgan fingerprint density at radius 1 is 1.30 bits per heavy atom. The maximum atomic E-state index is 12.8. The van der Waals surface area contributed by atoms with Crippen molar-refractivity contribution in [2.75, 3.05) is 0 Å². The Hall–Kier alpha value is -1.27. The zero-order chi connectivity index (χ0) is 15.1. The van der Waals surface area contributed by atoms with Crippen LogP contribution >= 0.6 is 23.8 Å². The van der Waals surface area contributed by atoms with E-state index in [1.165, 1.54) is 10.6 Å². The minimum absolute atomic E-state index is 0.0913. The lowest BCUT2D eigenvalue weighted by Gasteiger charge is -2.15. The number of imidazole rings is 1. The fourth-order valence-corrected chi connectivity index (χ4v) is 2.38. The van der Waals surface area contributed by atoms with Crippen molar-refractivity contribution in [1.82, 2.24) is 9.55 Å². The van der Waals surface area contributed by atoms with Gasteiger partial charge in [0, 0.05) is 11.9 Å². The number of hydrogen-bond acceptors (Lipinski definition) is 1. The van der Waals surface area contributed by atoms with Gasteiger partial charge in [-0.25, -0.2) is 0 Å². The third-order valence-electron chi connectivity index (χ3n) is 2.91. The molecule has 1 N–H and O–H groups in total. The molecule has 0 bridgehead atoms. The summed E-state index contributed by atoms with van der Waals surface area (Å²) >= 11 is 11.2. The molecule has 0 unspecified atom stereocenters. The van der Waals surface area contributed by atoms with Crippen LogP contribution in [0.1, 0.15) is 31.0 Å². The summed E-state index contributed by atoms with van der Waals surface area (Å²) in [5.74, 6) is 0.0913. The SMILES string of the molecule is CC(C)c1c[nH]c(=S)n1-c1cc(C(F)(F)F)ccc1Cl. The lowest BCUT2D eigenvalue weighted by molar-refractivity contribution is -0.137. The van der Waals surface area contributed by atoms with E-state index in [1.54, 1.807) is 6.20 Å².